The summed E-state index contributed by atoms with van der Waals surface area (Å²) in [5.74, 6) is 0.490. The van der Waals surface area contributed by atoms with Gasteiger partial charge in [0.05, 0.1) is 29.1 Å². The second-order valence-electron chi connectivity index (χ2n) is 6.11. The SMILES string of the molecule is COc1cc(/C=C(\C#N)c2ccccn2)ccc1OCC(=O)Nc1ccccc1Cl. The maximum atomic E-state index is 12.2. The number of aromatic nitrogens is 1. The highest BCUT2D eigenvalue weighted by Gasteiger charge is 2.11. The Morgan fingerprint density at radius 2 is 1.97 bits per heavy atom. The van der Waals surface area contributed by atoms with E-state index in [1.165, 1.54) is 7.11 Å². The summed E-state index contributed by atoms with van der Waals surface area (Å²) in [6.07, 6.45) is 3.34. The summed E-state index contributed by atoms with van der Waals surface area (Å²) in [5.41, 5.74) is 2.25. The number of nitriles is 1. The molecule has 1 N–H and O–H groups in total. The van der Waals surface area contributed by atoms with Gasteiger partial charge in [-0.25, -0.2) is 0 Å². The molecular weight excluding hydrogens is 402 g/mol. The Bertz CT molecular complexity index is 1110. The molecule has 0 radical (unpaired) electrons. The van der Waals surface area contributed by atoms with Crippen LogP contribution in [0.15, 0.2) is 66.9 Å². The Morgan fingerprint density at radius 3 is 2.67 bits per heavy atom. The monoisotopic (exact) mass is 419 g/mol. The molecule has 0 spiro atoms. The lowest BCUT2D eigenvalue weighted by Crippen LogP contribution is -2.20. The minimum Gasteiger partial charge on any atom is -0.493 e. The molecule has 0 aliphatic rings. The van der Waals surface area contributed by atoms with Crippen molar-refractivity contribution in [2.75, 3.05) is 19.0 Å². The van der Waals surface area contributed by atoms with E-state index >= 15 is 0 Å². The molecule has 2 aromatic carbocycles. The zero-order valence-corrected chi connectivity index (χ0v) is 16.9. The highest BCUT2D eigenvalue weighted by atomic mass is 35.5. The van der Waals surface area contributed by atoms with E-state index in [1.54, 1.807) is 66.9 Å². The molecule has 0 unspecified atom stereocenters. The minimum atomic E-state index is -0.351. The normalized spacial score (nSPS) is 10.8. The number of para-hydroxylation sites is 1. The number of hydrogen-bond acceptors (Lipinski definition) is 5. The molecule has 0 aliphatic carbocycles. The third kappa shape index (κ3) is 5.37. The smallest absolute Gasteiger partial charge is 0.262 e. The number of halogens is 1. The third-order valence-corrected chi connectivity index (χ3v) is 4.40. The molecule has 0 aliphatic heterocycles. The zero-order chi connectivity index (χ0) is 21.3. The summed E-state index contributed by atoms with van der Waals surface area (Å²) in [5, 5.41) is 12.6. The average molecular weight is 420 g/mol. The van der Waals surface area contributed by atoms with Crippen LogP contribution in [0.25, 0.3) is 11.6 Å². The summed E-state index contributed by atoms with van der Waals surface area (Å²) in [6, 6.07) is 19.6. The molecule has 1 amide bonds. The highest BCUT2D eigenvalue weighted by molar-refractivity contribution is 6.33. The van der Waals surface area contributed by atoms with Gasteiger partial charge in [0.15, 0.2) is 18.1 Å². The van der Waals surface area contributed by atoms with Gasteiger partial charge in [-0.1, -0.05) is 35.9 Å². The van der Waals surface area contributed by atoms with Crippen molar-refractivity contribution in [3.05, 3.63) is 83.1 Å². The minimum absolute atomic E-state index is 0.214. The lowest BCUT2D eigenvalue weighted by atomic mass is 10.1. The van der Waals surface area contributed by atoms with Gasteiger partial charge in [0.2, 0.25) is 0 Å². The summed E-state index contributed by atoms with van der Waals surface area (Å²) in [4.78, 5) is 16.4. The molecule has 1 heterocycles. The predicted octanol–water partition coefficient (Wildman–Crippen LogP) is 4.83. The van der Waals surface area contributed by atoms with Crippen LogP contribution in [0.4, 0.5) is 5.69 Å². The summed E-state index contributed by atoms with van der Waals surface area (Å²) >= 11 is 6.04. The Kier molecular flexibility index (Phi) is 7.04. The molecule has 0 saturated carbocycles. The van der Waals surface area contributed by atoms with Gasteiger partial charge < -0.3 is 14.8 Å². The number of ether oxygens (including phenoxy) is 2. The lowest BCUT2D eigenvalue weighted by molar-refractivity contribution is -0.118. The Labute approximate surface area is 179 Å². The number of nitrogens with zero attached hydrogens (tertiary/aromatic N) is 2. The first-order valence-corrected chi connectivity index (χ1v) is 9.37. The largest absolute Gasteiger partial charge is 0.493 e. The van der Waals surface area contributed by atoms with Crippen LogP contribution < -0.4 is 14.8 Å². The fourth-order valence-electron chi connectivity index (χ4n) is 2.64. The summed E-state index contributed by atoms with van der Waals surface area (Å²) < 4.78 is 11.0. The fourth-order valence-corrected chi connectivity index (χ4v) is 2.82. The van der Waals surface area contributed by atoms with E-state index in [0.717, 1.165) is 5.56 Å². The molecule has 3 aromatic rings. The first kappa shape index (κ1) is 20.9. The standard InChI is InChI=1S/C23H18ClN3O3/c1-29-22-13-16(12-17(14-25)19-7-4-5-11-26-19)9-10-21(22)30-15-23(28)27-20-8-3-2-6-18(20)24/h2-13H,15H2,1H3,(H,27,28)/b17-12+. The van der Waals surface area contributed by atoms with Crippen LogP contribution in [0, 0.1) is 11.3 Å². The topological polar surface area (TPSA) is 84.2 Å². The first-order chi connectivity index (χ1) is 14.6. The van der Waals surface area contributed by atoms with E-state index in [2.05, 4.69) is 16.4 Å². The van der Waals surface area contributed by atoms with Crippen LogP contribution in [-0.2, 0) is 4.79 Å². The fraction of sp³-hybridized carbons (Fsp3) is 0.0870. The number of carbonyl (C=O) groups excluding carboxylic acids is 1. The van der Waals surface area contributed by atoms with Gasteiger partial charge >= 0.3 is 0 Å². The Hall–Kier alpha value is -3.82. The quantitative estimate of drug-likeness (QED) is 0.555. The molecule has 1 aromatic heterocycles. The molecular formula is C23H18ClN3O3. The van der Waals surface area contributed by atoms with E-state index in [4.69, 9.17) is 21.1 Å². The number of benzene rings is 2. The van der Waals surface area contributed by atoms with Crippen molar-refractivity contribution < 1.29 is 14.3 Å². The summed E-state index contributed by atoms with van der Waals surface area (Å²) in [7, 11) is 1.50. The van der Waals surface area contributed by atoms with Gasteiger partial charge in [0, 0.05) is 6.20 Å². The molecule has 6 nitrogen and oxygen atoms in total. The Balaban J connectivity index is 1.71. The lowest BCUT2D eigenvalue weighted by Gasteiger charge is -2.12. The second kappa shape index (κ2) is 10.1. The van der Waals surface area contributed by atoms with Crippen molar-refractivity contribution >= 4 is 34.8 Å². The van der Waals surface area contributed by atoms with Crippen LogP contribution in [-0.4, -0.2) is 24.6 Å². The van der Waals surface area contributed by atoms with E-state index in [9.17, 15) is 10.1 Å². The van der Waals surface area contributed by atoms with Crippen molar-refractivity contribution in [2.45, 2.75) is 0 Å². The molecule has 0 fully saturated rings. The second-order valence-corrected chi connectivity index (χ2v) is 6.52. The van der Waals surface area contributed by atoms with Crippen molar-refractivity contribution in [3.8, 4) is 17.6 Å². The van der Waals surface area contributed by atoms with Gasteiger partial charge in [0.1, 0.15) is 6.07 Å². The van der Waals surface area contributed by atoms with Crippen LogP contribution in [0.5, 0.6) is 11.5 Å². The van der Waals surface area contributed by atoms with Crippen LogP contribution >= 0.6 is 11.6 Å². The van der Waals surface area contributed by atoms with Crippen molar-refractivity contribution in [1.82, 2.24) is 4.98 Å². The predicted molar refractivity (Wildman–Crippen MR) is 116 cm³/mol. The summed E-state index contributed by atoms with van der Waals surface area (Å²) in [6.45, 7) is -0.214. The van der Waals surface area contributed by atoms with Gasteiger partial charge in [0.25, 0.3) is 5.91 Å². The molecule has 150 valence electrons. The number of pyridine rings is 1. The zero-order valence-electron chi connectivity index (χ0n) is 16.1. The maximum absolute atomic E-state index is 12.2. The van der Waals surface area contributed by atoms with Crippen LogP contribution in [0.3, 0.4) is 0 Å². The number of anilines is 1. The van der Waals surface area contributed by atoms with Gasteiger partial charge in [-0.15, -0.1) is 0 Å². The van der Waals surface area contributed by atoms with Crippen LogP contribution in [0.1, 0.15) is 11.3 Å². The van der Waals surface area contributed by atoms with Gasteiger partial charge in [-0.2, -0.15) is 5.26 Å². The van der Waals surface area contributed by atoms with Crippen molar-refractivity contribution in [1.29, 1.82) is 5.26 Å². The number of allylic oxidation sites excluding steroid dienone is 1. The average Bonchev–Trinajstić information content (AvgIpc) is 2.78. The number of rotatable bonds is 7. The number of methoxy groups -OCH3 is 1. The van der Waals surface area contributed by atoms with E-state index in [1.807, 2.05) is 6.07 Å². The molecule has 0 saturated heterocycles. The van der Waals surface area contributed by atoms with Gasteiger partial charge in [-0.05, 0) is 48.0 Å². The van der Waals surface area contributed by atoms with E-state index < -0.39 is 0 Å². The van der Waals surface area contributed by atoms with Gasteiger partial charge in [-0.3, -0.25) is 9.78 Å². The number of nitrogens with one attached hydrogen (secondary N) is 1. The van der Waals surface area contributed by atoms with Crippen LogP contribution in [0.2, 0.25) is 5.02 Å². The number of amides is 1. The Morgan fingerprint density at radius 1 is 1.17 bits per heavy atom. The number of hydrogen-bond donors (Lipinski definition) is 1. The molecule has 0 bridgehead atoms. The van der Waals surface area contributed by atoms with E-state index in [-0.39, 0.29) is 12.5 Å². The first-order valence-electron chi connectivity index (χ1n) is 8.99. The number of carbonyl (C=O) groups is 1. The molecule has 30 heavy (non-hydrogen) atoms. The molecule has 7 heteroatoms. The van der Waals surface area contributed by atoms with Crippen molar-refractivity contribution in [3.63, 3.8) is 0 Å². The van der Waals surface area contributed by atoms with E-state index in [0.29, 0.717) is 33.5 Å². The highest BCUT2D eigenvalue weighted by Crippen LogP contribution is 2.30. The molecule has 3 rings (SSSR count). The molecule has 0 atom stereocenters. The third-order valence-electron chi connectivity index (χ3n) is 4.07. The van der Waals surface area contributed by atoms with Crippen molar-refractivity contribution in [2.24, 2.45) is 0 Å². The maximum Gasteiger partial charge on any atom is 0.262 e.